The fraction of sp³-hybridized carbons (Fsp3) is 0.176. The highest BCUT2D eigenvalue weighted by atomic mass is 35.5. The van der Waals surface area contributed by atoms with E-state index in [2.05, 4.69) is 5.32 Å². The predicted molar refractivity (Wildman–Crippen MR) is 94.0 cm³/mol. The number of carbonyl (C=O) groups excluding carboxylic acids is 2. The second kappa shape index (κ2) is 6.56. The van der Waals surface area contributed by atoms with Crippen molar-refractivity contribution in [2.24, 2.45) is 5.73 Å². The van der Waals surface area contributed by atoms with E-state index in [-0.39, 0.29) is 5.91 Å². The highest BCUT2D eigenvalue weighted by Gasteiger charge is 2.25. The lowest BCUT2D eigenvalue weighted by Gasteiger charge is -2.03. The molecule has 0 unspecified atom stereocenters. The van der Waals surface area contributed by atoms with Crippen LogP contribution in [-0.4, -0.2) is 11.8 Å². The Morgan fingerprint density at radius 3 is 2.65 bits per heavy atom. The molecule has 2 amide bonds. The van der Waals surface area contributed by atoms with E-state index < -0.39 is 5.91 Å². The summed E-state index contributed by atoms with van der Waals surface area (Å²) in [5, 5.41) is 3.96. The number of benzene rings is 1. The molecule has 1 aromatic carbocycles. The fourth-order valence-corrected chi connectivity index (χ4v) is 4.08. The zero-order valence-corrected chi connectivity index (χ0v) is 13.8. The van der Waals surface area contributed by atoms with Crippen LogP contribution in [0.1, 0.15) is 32.8 Å². The third-order valence-electron chi connectivity index (χ3n) is 3.70. The van der Waals surface area contributed by atoms with Gasteiger partial charge in [0.2, 0.25) is 5.91 Å². The molecule has 0 atom stereocenters. The van der Waals surface area contributed by atoms with Gasteiger partial charge in [-0.05, 0) is 48.6 Å². The Balaban J connectivity index is 1.76. The quantitative estimate of drug-likeness (QED) is 0.829. The Labute approximate surface area is 143 Å². The molecule has 0 spiro atoms. The van der Waals surface area contributed by atoms with Gasteiger partial charge in [-0.1, -0.05) is 23.7 Å². The molecular weight excluding hydrogens is 332 g/mol. The summed E-state index contributed by atoms with van der Waals surface area (Å²) < 4.78 is 0. The summed E-state index contributed by atoms with van der Waals surface area (Å²) in [5.74, 6) is -0.774. The molecule has 23 heavy (non-hydrogen) atoms. The van der Waals surface area contributed by atoms with Gasteiger partial charge in [-0.25, -0.2) is 0 Å². The average Bonchev–Trinajstić information content (AvgIpc) is 3.06. The van der Waals surface area contributed by atoms with E-state index in [0.29, 0.717) is 15.6 Å². The molecule has 1 aromatic heterocycles. The number of hydrogen-bond acceptors (Lipinski definition) is 3. The zero-order chi connectivity index (χ0) is 16.4. The Bertz CT molecular complexity index is 794. The highest BCUT2D eigenvalue weighted by molar-refractivity contribution is 7.17. The molecule has 3 rings (SSSR count). The number of nitrogens with two attached hydrogens (primary N) is 1. The topological polar surface area (TPSA) is 72.2 Å². The Hall–Kier alpha value is -2.11. The molecule has 118 valence electrons. The summed E-state index contributed by atoms with van der Waals surface area (Å²) in [5.41, 5.74) is 7.81. The fourth-order valence-electron chi connectivity index (χ4n) is 2.65. The van der Waals surface area contributed by atoms with Crippen molar-refractivity contribution in [3.05, 3.63) is 56.9 Å². The number of primary amides is 1. The maximum atomic E-state index is 12.1. The molecule has 0 radical (unpaired) electrons. The van der Waals surface area contributed by atoms with Crippen LogP contribution in [-0.2, 0) is 17.6 Å². The highest BCUT2D eigenvalue weighted by Crippen LogP contribution is 2.38. The Morgan fingerprint density at radius 1 is 1.22 bits per heavy atom. The lowest BCUT2D eigenvalue weighted by atomic mass is 10.1. The first-order valence-electron chi connectivity index (χ1n) is 7.23. The molecule has 1 heterocycles. The molecule has 1 aliphatic rings. The lowest BCUT2D eigenvalue weighted by molar-refractivity contribution is -0.111. The van der Waals surface area contributed by atoms with Gasteiger partial charge in [0.1, 0.15) is 5.00 Å². The maximum absolute atomic E-state index is 12.1. The van der Waals surface area contributed by atoms with Crippen LogP contribution in [0.25, 0.3) is 6.08 Å². The normalized spacial score (nSPS) is 13.3. The van der Waals surface area contributed by atoms with E-state index in [0.717, 1.165) is 35.3 Å². The maximum Gasteiger partial charge on any atom is 0.251 e. The second-order valence-electron chi connectivity index (χ2n) is 5.30. The van der Waals surface area contributed by atoms with Crippen molar-refractivity contribution in [3.8, 4) is 0 Å². The summed E-state index contributed by atoms with van der Waals surface area (Å²) in [6.45, 7) is 0. The van der Waals surface area contributed by atoms with Gasteiger partial charge in [0.25, 0.3) is 5.91 Å². The molecule has 3 N–H and O–H groups in total. The van der Waals surface area contributed by atoms with E-state index in [1.807, 2.05) is 12.1 Å². The second-order valence-corrected chi connectivity index (χ2v) is 6.84. The summed E-state index contributed by atoms with van der Waals surface area (Å²) in [6.07, 6.45) is 5.94. The standard InChI is InChI=1S/C17H15ClN2O2S/c18-11-7-4-10(5-8-11)6-9-14(21)20-17-15(16(19)22)12-2-1-3-13(12)23-17/h4-9H,1-3H2,(H2,19,22)(H,20,21). The predicted octanol–water partition coefficient (Wildman–Crippen LogP) is 3.64. The van der Waals surface area contributed by atoms with Crippen LogP contribution < -0.4 is 11.1 Å². The largest absolute Gasteiger partial charge is 0.365 e. The van der Waals surface area contributed by atoms with Crippen LogP contribution in [0.4, 0.5) is 5.00 Å². The van der Waals surface area contributed by atoms with Crippen LogP contribution in [0.15, 0.2) is 30.3 Å². The minimum absolute atomic E-state index is 0.289. The van der Waals surface area contributed by atoms with Gasteiger partial charge in [0.15, 0.2) is 0 Å². The smallest absolute Gasteiger partial charge is 0.251 e. The SMILES string of the molecule is NC(=O)c1c(NC(=O)C=Cc2ccc(Cl)cc2)sc2c1CCC2. The van der Waals surface area contributed by atoms with Crippen LogP contribution >= 0.6 is 22.9 Å². The van der Waals surface area contributed by atoms with Crippen LogP contribution in [0, 0.1) is 0 Å². The van der Waals surface area contributed by atoms with E-state index >= 15 is 0 Å². The lowest BCUT2D eigenvalue weighted by Crippen LogP contribution is -2.16. The van der Waals surface area contributed by atoms with Gasteiger partial charge in [0, 0.05) is 16.0 Å². The monoisotopic (exact) mass is 346 g/mol. The van der Waals surface area contributed by atoms with Crippen LogP contribution in [0.3, 0.4) is 0 Å². The zero-order valence-electron chi connectivity index (χ0n) is 12.3. The van der Waals surface area contributed by atoms with Gasteiger partial charge < -0.3 is 11.1 Å². The molecular formula is C17H15ClN2O2S. The third-order valence-corrected chi connectivity index (χ3v) is 5.16. The van der Waals surface area contributed by atoms with E-state index in [4.69, 9.17) is 17.3 Å². The number of halogens is 1. The van der Waals surface area contributed by atoms with Gasteiger partial charge in [-0.2, -0.15) is 0 Å². The molecule has 1 aliphatic carbocycles. The summed E-state index contributed by atoms with van der Waals surface area (Å²) in [7, 11) is 0. The van der Waals surface area contributed by atoms with Crippen LogP contribution in [0.2, 0.25) is 5.02 Å². The summed E-state index contributed by atoms with van der Waals surface area (Å²) in [6, 6.07) is 7.16. The minimum atomic E-state index is -0.485. The van der Waals surface area contributed by atoms with Crippen molar-refractivity contribution in [2.75, 3.05) is 5.32 Å². The van der Waals surface area contributed by atoms with Crippen molar-refractivity contribution in [1.29, 1.82) is 0 Å². The number of rotatable bonds is 4. The molecule has 4 nitrogen and oxygen atoms in total. The van der Waals surface area contributed by atoms with Crippen molar-refractivity contribution in [3.63, 3.8) is 0 Å². The van der Waals surface area contributed by atoms with Gasteiger partial charge in [-0.15, -0.1) is 11.3 Å². The number of hydrogen-bond donors (Lipinski definition) is 2. The van der Waals surface area contributed by atoms with E-state index in [1.165, 1.54) is 17.4 Å². The number of thiophene rings is 1. The van der Waals surface area contributed by atoms with Crippen LogP contribution in [0.5, 0.6) is 0 Å². The molecule has 0 saturated carbocycles. The number of amides is 2. The molecule has 2 aromatic rings. The summed E-state index contributed by atoms with van der Waals surface area (Å²) >= 11 is 7.26. The minimum Gasteiger partial charge on any atom is -0.365 e. The van der Waals surface area contributed by atoms with E-state index in [1.54, 1.807) is 18.2 Å². The first kappa shape index (κ1) is 15.8. The first-order chi connectivity index (χ1) is 11.0. The van der Waals surface area contributed by atoms with Gasteiger partial charge in [0.05, 0.1) is 5.56 Å². The summed E-state index contributed by atoms with van der Waals surface area (Å²) in [4.78, 5) is 24.9. The van der Waals surface area contributed by atoms with Gasteiger partial charge in [-0.3, -0.25) is 9.59 Å². The molecule has 0 bridgehead atoms. The number of carbonyl (C=O) groups is 2. The number of nitrogens with one attached hydrogen (secondary N) is 1. The number of fused-ring (bicyclic) bond motifs is 1. The molecule has 0 saturated heterocycles. The number of aryl methyl sites for hydroxylation is 1. The first-order valence-corrected chi connectivity index (χ1v) is 8.43. The Morgan fingerprint density at radius 2 is 1.96 bits per heavy atom. The average molecular weight is 347 g/mol. The molecule has 0 fully saturated rings. The van der Waals surface area contributed by atoms with Gasteiger partial charge >= 0.3 is 0 Å². The van der Waals surface area contributed by atoms with E-state index in [9.17, 15) is 9.59 Å². The van der Waals surface area contributed by atoms with Crippen molar-refractivity contribution in [2.45, 2.75) is 19.3 Å². The third kappa shape index (κ3) is 3.46. The number of anilines is 1. The van der Waals surface area contributed by atoms with Crippen molar-refractivity contribution < 1.29 is 9.59 Å². The van der Waals surface area contributed by atoms with Crippen molar-refractivity contribution >= 4 is 45.8 Å². The van der Waals surface area contributed by atoms with Crippen molar-refractivity contribution in [1.82, 2.24) is 0 Å². The Kier molecular flexibility index (Phi) is 4.50. The molecule has 0 aliphatic heterocycles. The molecule has 6 heteroatoms.